The number of carboxylic acids is 1. The second-order valence-corrected chi connectivity index (χ2v) is 4.75. The Kier molecular flexibility index (Phi) is 7.57. The highest BCUT2D eigenvalue weighted by Crippen LogP contribution is 2.37. The number of aromatic hydroxyl groups is 1. The van der Waals surface area contributed by atoms with E-state index in [9.17, 15) is 9.90 Å². The van der Waals surface area contributed by atoms with Gasteiger partial charge < -0.3 is 19.7 Å². The second kappa shape index (κ2) is 9.41. The maximum absolute atomic E-state index is 11.8. The van der Waals surface area contributed by atoms with Crippen molar-refractivity contribution >= 4 is 18.0 Å². The van der Waals surface area contributed by atoms with Crippen LogP contribution in [-0.2, 0) is 14.4 Å². The van der Waals surface area contributed by atoms with Crippen LogP contribution in [-0.4, -0.2) is 54.5 Å². The summed E-state index contributed by atoms with van der Waals surface area (Å²) in [4.78, 5) is 26.0. The fraction of sp³-hybridized carbons (Fsp3) is 0.375. The van der Waals surface area contributed by atoms with Crippen molar-refractivity contribution in [1.29, 1.82) is 0 Å². The number of aliphatic carboxylic acids is 1. The summed E-state index contributed by atoms with van der Waals surface area (Å²) in [7, 11) is 2.90. The maximum Gasteiger partial charge on any atom is 0.300 e. The average Bonchev–Trinajstić information content (AvgIpc) is 3.07. The van der Waals surface area contributed by atoms with Gasteiger partial charge in [-0.05, 0) is 30.2 Å². The molecule has 8 nitrogen and oxygen atoms in total. The molecule has 0 saturated carbocycles. The molecule has 1 aliphatic heterocycles. The standard InChI is InChI=1S/C14H17NO5.C2H4O2/c1-18-11-8-10(9-12(19-2)14(11)17)4-5-13(16)15-6-3-7-20-15;1-2(3)4/h4-5,8-9,17H,3,6-7H2,1-2H3;1H3,(H,3,4)/b5-4+;. The SMILES string of the molecule is CC(=O)O.COc1cc(/C=C/C(=O)N2CCCO2)cc(OC)c1O. The Hall–Kier alpha value is -2.74. The van der Waals surface area contributed by atoms with Gasteiger partial charge in [-0.15, -0.1) is 0 Å². The lowest BCUT2D eigenvalue weighted by Crippen LogP contribution is -2.24. The number of nitrogens with zero attached hydrogens (tertiary/aromatic N) is 1. The van der Waals surface area contributed by atoms with Crippen molar-refractivity contribution in [2.24, 2.45) is 0 Å². The van der Waals surface area contributed by atoms with E-state index in [1.165, 1.54) is 25.4 Å². The fourth-order valence-electron chi connectivity index (χ4n) is 1.88. The Balaban J connectivity index is 0.000000648. The van der Waals surface area contributed by atoms with Crippen molar-refractivity contribution in [3.63, 3.8) is 0 Å². The van der Waals surface area contributed by atoms with Gasteiger partial charge in [0.05, 0.1) is 27.4 Å². The molecule has 1 aromatic rings. The van der Waals surface area contributed by atoms with Gasteiger partial charge in [0.15, 0.2) is 11.5 Å². The van der Waals surface area contributed by atoms with Gasteiger partial charge in [-0.2, -0.15) is 0 Å². The van der Waals surface area contributed by atoms with Crippen molar-refractivity contribution < 1.29 is 34.1 Å². The molecule has 0 aliphatic carbocycles. The summed E-state index contributed by atoms with van der Waals surface area (Å²) in [6.45, 7) is 2.26. The van der Waals surface area contributed by atoms with Gasteiger partial charge in [0.2, 0.25) is 5.75 Å². The Morgan fingerprint density at radius 2 is 1.79 bits per heavy atom. The van der Waals surface area contributed by atoms with Crippen molar-refractivity contribution in [2.45, 2.75) is 13.3 Å². The Labute approximate surface area is 139 Å². The van der Waals surface area contributed by atoms with Crippen LogP contribution >= 0.6 is 0 Å². The van der Waals surface area contributed by atoms with Crippen LogP contribution in [0.15, 0.2) is 18.2 Å². The Morgan fingerprint density at radius 1 is 1.25 bits per heavy atom. The van der Waals surface area contributed by atoms with Crippen molar-refractivity contribution in [3.8, 4) is 17.2 Å². The highest BCUT2D eigenvalue weighted by molar-refractivity contribution is 5.91. The van der Waals surface area contributed by atoms with E-state index >= 15 is 0 Å². The van der Waals surface area contributed by atoms with E-state index in [2.05, 4.69) is 0 Å². The van der Waals surface area contributed by atoms with Crippen molar-refractivity contribution in [1.82, 2.24) is 5.06 Å². The van der Waals surface area contributed by atoms with Crippen molar-refractivity contribution in [2.75, 3.05) is 27.4 Å². The van der Waals surface area contributed by atoms with Gasteiger partial charge >= 0.3 is 0 Å². The number of carbonyl (C=O) groups excluding carboxylic acids is 1. The average molecular weight is 339 g/mol. The molecule has 0 spiro atoms. The molecule has 8 heteroatoms. The van der Waals surface area contributed by atoms with Gasteiger partial charge in [0.25, 0.3) is 11.9 Å². The second-order valence-electron chi connectivity index (χ2n) is 4.75. The van der Waals surface area contributed by atoms with E-state index in [1.54, 1.807) is 18.2 Å². The van der Waals surface area contributed by atoms with Crippen LogP contribution in [0.1, 0.15) is 18.9 Å². The maximum atomic E-state index is 11.8. The molecule has 1 aliphatic rings. The third-order valence-electron chi connectivity index (χ3n) is 2.92. The number of carbonyl (C=O) groups is 2. The first-order valence-corrected chi connectivity index (χ1v) is 7.16. The lowest BCUT2D eigenvalue weighted by molar-refractivity contribution is -0.162. The van der Waals surface area contributed by atoms with Crippen LogP contribution < -0.4 is 9.47 Å². The Bertz CT molecular complexity index is 577. The third-order valence-corrected chi connectivity index (χ3v) is 2.92. The summed E-state index contributed by atoms with van der Waals surface area (Å²) in [6, 6.07) is 3.24. The topological polar surface area (TPSA) is 106 Å². The first kappa shape index (κ1) is 19.3. The molecule has 2 rings (SSSR count). The van der Waals surface area contributed by atoms with Crippen LogP contribution in [0.2, 0.25) is 0 Å². The largest absolute Gasteiger partial charge is 0.502 e. The van der Waals surface area contributed by atoms with E-state index in [1.807, 2.05) is 0 Å². The highest BCUT2D eigenvalue weighted by atomic mass is 16.7. The molecule has 0 aromatic heterocycles. The van der Waals surface area contributed by atoms with Gasteiger partial charge in [-0.25, -0.2) is 5.06 Å². The van der Waals surface area contributed by atoms with E-state index in [-0.39, 0.29) is 23.2 Å². The van der Waals surface area contributed by atoms with Crippen LogP contribution in [0.3, 0.4) is 0 Å². The molecule has 132 valence electrons. The van der Waals surface area contributed by atoms with Crippen LogP contribution in [0.4, 0.5) is 0 Å². The zero-order valence-corrected chi connectivity index (χ0v) is 13.8. The molecule has 1 aromatic carbocycles. The normalized spacial score (nSPS) is 13.4. The number of phenolic OH excluding ortho intramolecular Hbond substituents is 1. The van der Waals surface area contributed by atoms with Crippen molar-refractivity contribution in [3.05, 3.63) is 23.8 Å². The van der Waals surface area contributed by atoms with Gasteiger partial charge in [-0.3, -0.25) is 14.4 Å². The van der Waals surface area contributed by atoms with Crippen LogP contribution in [0.25, 0.3) is 6.08 Å². The molecule has 24 heavy (non-hydrogen) atoms. The number of rotatable bonds is 4. The molecule has 0 atom stereocenters. The molecule has 2 N–H and O–H groups in total. The predicted molar refractivity (Wildman–Crippen MR) is 85.8 cm³/mol. The summed E-state index contributed by atoms with van der Waals surface area (Å²) in [5.41, 5.74) is 0.684. The smallest absolute Gasteiger partial charge is 0.300 e. The first-order valence-electron chi connectivity index (χ1n) is 7.16. The molecule has 0 radical (unpaired) electrons. The number of amides is 1. The third kappa shape index (κ3) is 5.81. The Morgan fingerprint density at radius 3 is 2.21 bits per heavy atom. The number of methoxy groups -OCH3 is 2. The number of hydrogen-bond donors (Lipinski definition) is 2. The summed E-state index contributed by atoms with van der Waals surface area (Å²) in [5.74, 6) is -0.544. The summed E-state index contributed by atoms with van der Waals surface area (Å²) in [5, 5.41) is 18.5. The van der Waals surface area contributed by atoms with E-state index in [4.69, 9.17) is 24.2 Å². The minimum atomic E-state index is -0.833. The molecule has 1 fully saturated rings. The molecular formula is C16H21NO7. The fourth-order valence-corrected chi connectivity index (χ4v) is 1.88. The van der Waals surface area contributed by atoms with Gasteiger partial charge in [0.1, 0.15) is 0 Å². The molecule has 1 amide bonds. The number of hydrogen-bond acceptors (Lipinski definition) is 6. The van der Waals surface area contributed by atoms with E-state index in [0.29, 0.717) is 18.7 Å². The summed E-state index contributed by atoms with van der Waals surface area (Å²) < 4.78 is 10.1. The number of benzene rings is 1. The van der Waals surface area contributed by atoms with Crippen LogP contribution in [0.5, 0.6) is 17.2 Å². The lowest BCUT2D eigenvalue weighted by atomic mass is 10.1. The highest BCUT2D eigenvalue weighted by Gasteiger charge is 2.17. The monoisotopic (exact) mass is 339 g/mol. The molecule has 1 heterocycles. The quantitative estimate of drug-likeness (QED) is 0.804. The summed E-state index contributed by atoms with van der Waals surface area (Å²) >= 11 is 0. The lowest BCUT2D eigenvalue weighted by Gasteiger charge is -2.11. The molecule has 1 saturated heterocycles. The zero-order valence-electron chi connectivity index (χ0n) is 13.8. The van der Waals surface area contributed by atoms with Gasteiger partial charge in [0, 0.05) is 13.0 Å². The predicted octanol–water partition coefficient (Wildman–Crippen LogP) is 1.68. The van der Waals surface area contributed by atoms with E-state index in [0.717, 1.165) is 13.3 Å². The van der Waals surface area contributed by atoms with Gasteiger partial charge in [-0.1, -0.05) is 0 Å². The molecule has 0 bridgehead atoms. The molecule has 0 unspecified atom stereocenters. The van der Waals surface area contributed by atoms with Crippen LogP contribution in [0, 0.1) is 0 Å². The number of ether oxygens (including phenoxy) is 2. The minimum Gasteiger partial charge on any atom is -0.502 e. The summed E-state index contributed by atoms with van der Waals surface area (Å²) in [6.07, 6.45) is 3.88. The zero-order chi connectivity index (χ0) is 18.1. The minimum absolute atomic E-state index is 0.0682. The molecular weight excluding hydrogens is 318 g/mol. The number of phenols is 1. The van der Waals surface area contributed by atoms with E-state index < -0.39 is 5.97 Å². The number of hydroxylamine groups is 2. The number of carboxylic acid groups (broad SMARTS) is 1. The first-order chi connectivity index (χ1) is 11.4.